The third-order valence-electron chi connectivity index (χ3n) is 5.98. The van der Waals surface area contributed by atoms with Crippen LogP contribution in [0.3, 0.4) is 0 Å². The number of carbonyl (C=O) groups excluding carboxylic acids is 3. The molecule has 0 radical (unpaired) electrons. The van der Waals surface area contributed by atoms with Crippen LogP contribution < -0.4 is 10.6 Å². The van der Waals surface area contributed by atoms with Crippen LogP contribution in [0.25, 0.3) is 11.0 Å². The van der Waals surface area contributed by atoms with Crippen LogP contribution >= 0.6 is 0 Å². The molecule has 0 unspecified atom stereocenters. The summed E-state index contributed by atoms with van der Waals surface area (Å²) in [5, 5.41) is 5.58. The van der Waals surface area contributed by atoms with E-state index in [1.807, 2.05) is 24.3 Å². The SMILES string of the molecule is CCC1CCC2(CC1)NC(=O)N(CC(=O)NCc1nc3ccccc3[nH]1)C2=O. The van der Waals surface area contributed by atoms with E-state index in [4.69, 9.17) is 0 Å². The summed E-state index contributed by atoms with van der Waals surface area (Å²) in [7, 11) is 0. The van der Waals surface area contributed by atoms with E-state index in [9.17, 15) is 14.4 Å². The molecule has 1 aliphatic heterocycles. The molecule has 2 aliphatic rings. The van der Waals surface area contributed by atoms with Crippen LogP contribution in [-0.2, 0) is 16.1 Å². The van der Waals surface area contributed by atoms with Gasteiger partial charge in [0.1, 0.15) is 17.9 Å². The number of benzene rings is 1. The zero-order valence-corrected chi connectivity index (χ0v) is 16.0. The number of aromatic amines is 1. The van der Waals surface area contributed by atoms with Crippen molar-refractivity contribution in [1.82, 2.24) is 25.5 Å². The highest BCUT2D eigenvalue weighted by molar-refractivity contribution is 6.09. The maximum atomic E-state index is 12.9. The summed E-state index contributed by atoms with van der Waals surface area (Å²) < 4.78 is 0. The minimum Gasteiger partial charge on any atom is -0.347 e. The first-order chi connectivity index (χ1) is 13.5. The molecular weight excluding hydrogens is 358 g/mol. The first-order valence-electron chi connectivity index (χ1n) is 9.85. The van der Waals surface area contributed by atoms with E-state index in [1.165, 1.54) is 0 Å². The van der Waals surface area contributed by atoms with E-state index in [2.05, 4.69) is 27.5 Å². The summed E-state index contributed by atoms with van der Waals surface area (Å²) in [4.78, 5) is 46.1. The molecule has 4 amide bonds. The maximum Gasteiger partial charge on any atom is 0.325 e. The number of imide groups is 1. The second-order valence-corrected chi connectivity index (χ2v) is 7.73. The van der Waals surface area contributed by atoms with E-state index < -0.39 is 11.6 Å². The lowest BCUT2D eigenvalue weighted by molar-refractivity contribution is -0.136. The largest absolute Gasteiger partial charge is 0.347 e. The van der Waals surface area contributed by atoms with Crippen molar-refractivity contribution in [3.8, 4) is 0 Å². The molecule has 8 heteroatoms. The lowest BCUT2D eigenvalue weighted by atomic mass is 9.75. The average Bonchev–Trinajstić information content (AvgIpc) is 3.21. The number of aromatic nitrogens is 2. The Morgan fingerprint density at radius 3 is 2.75 bits per heavy atom. The number of urea groups is 1. The van der Waals surface area contributed by atoms with Crippen molar-refractivity contribution in [3.05, 3.63) is 30.1 Å². The first kappa shape index (κ1) is 18.5. The summed E-state index contributed by atoms with van der Waals surface area (Å²) >= 11 is 0. The minimum atomic E-state index is -0.818. The lowest BCUT2D eigenvalue weighted by Crippen LogP contribution is -2.50. The van der Waals surface area contributed by atoms with Gasteiger partial charge in [0, 0.05) is 0 Å². The smallest absolute Gasteiger partial charge is 0.325 e. The standard InChI is InChI=1S/C20H25N5O3/c1-2-13-7-9-20(10-8-13)18(27)25(19(28)24-20)12-17(26)21-11-16-22-14-5-3-4-6-15(14)23-16/h3-6,13H,2,7-12H2,1H3,(H,21,26)(H,22,23)(H,24,28). The monoisotopic (exact) mass is 383 g/mol. The molecule has 4 rings (SSSR count). The van der Waals surface area contributed by atoms with Crippen LogP contribution in [0.2, 0.25) is 0 Å². The Bertz CT molecular complexity index is 880. The third kappa shape index (κ3) is 3.34. The molecule has 28 heavy (non-hydrogen) atoms. The number of imidazole rings is 1. The van der Waals surface area contributed by atoms with E-state index in [0.717, 1.165) is 35.2 Å². The van der Waals surface area contributed by atoms with Gasteiger partial charge in [-0.1, -0.05) is 25.5 Å². The highest BCUT2D eigenvalue weighted by Gasteiger charge is 2.52. The van der Waals surface area contributed by atoms with Crippen molar-refractivity contribution in [2.24, 2.45) is 5.92 Å². The van der Waals surface area contributed by atoms with E-state index >= 15 is 0 Å². The molecule has 1 aliphatic carbocycles. The quantitative estimate of drug-likeness (QED) is 0.687. The second-order valence-electron chi connectivity index (χ2n) is 7.73. The first-order valence-corrected chi connectivity index (χ1v) is 9.85. The second kappa shape index (κ2) is 7.26. The van der Waals surface area contributed by atoms with Crippen molar-refractivity contribution in [1.29, 1.82) is 0 Å². The predicted molar refractivity (Wildman–Crippen MR) is 103 cm³/mol. The molecule has 1 aromatic heterocycles. The van der Waals surface area contributed by atoms with Crippen molar-refractivity contribution in [2.75, 3.05) is 6.54 Å². The van der Waals surface area contributed by atoms with Crippen LogP contribution in [0, 0.1) is 5.92 Å². The molecule has 148 valence electrons. The van der Waals surface area contributed by atoms with Crippen LogP contribution in [0.4, 0.5) is 4.79 Å². The molecule has 1 saturated heterocycles. The van der Waals surface area contributed by atoms with Gasteiger partial charge in [-0.25, -0.2) is 9.78 Å². The van der Waals surface area contributed by atoms with Crippen molar-refractivity contribution in [2.45, 2.75) is 51.1 Å². The van der Waals surface area contributed by atoms with Crippen LogP contribution in [0.1, 0.15) is 44.9 Å². The fourth-order valence-electron chi connectivity index (χ4n) is 4.21. The Balaban J connectivity index is 1.35. The van der Waals surface area contributed by atoms with Crippen molar-refractivity contribution < 1.29 is 14.4 Å². The predicted octanol–water partition coefficient (Wildman–Crippen LogP) is 2.07. The van der Waals surface area contributed by atoms with Gasteiger partial charge in [-0.05, 0) is 43.7 Å². The van der Waals surface area contributed by atoms with Crippen LogP contribution in [0.15, 0.2) is 24.3 Å². The highest BCUT2D eigenvalue weighted by atomic mass is 16.2. The summed E-state index contributed by atoms with van der Waals surface area (Å²) in [6.07, 6.45) is 4.23. The number of H-pyrrole nitrogens is 1. The molecule has 1 saturated carbocycles. The van der Waals surface area contributed by atoms with E-state index in [0.29, 0.717) is 24.6 Å². The number of hydrogen-bond donors (Lipinski definition) is 3. The fraction of sp³-hybridized carbons (Fsp3) is 0.500. The van der Waals surface area contributed by atoms with Gasteiger partial charge in [0.05, 0.1) is 17.6 Å². The molecular formula is C20H25N5O3. The lowest BCUT2D eigenvalue weighted by Gasteiger charge is -2.34. The van der Waals surface area contributed by atoms with Crippen LogP contribution in [-0.4, -0.2) is 44.8 Å². The Morgan fingerprint density at radius 2 is 2.04 bits per heavy atom. The maximum absolute atomic E-state index is 12.9. The zero-order valence-electron chi connectivity index (χ0n) is 16.0. The molecule has 1 spiro atoms. The van der Waals surface area contributed by atoms with Crippen LogP contribution in [0.5, 0.6) is 0 Å². The van der Waals surface area contributed by atoms with Gasteiger partial charge in [0.2, 0.25) is 5.91 Å². The summed E-state index contributed by atoms with van der Waals surface area (Å²) in [5.74, 6) is 0.576. The summed E-state index contributed by atoms with van der Waals surface area (Å²) in [5.41, 5.74) is 0.901. The van der Waals surface area contributed by atoms with Gasteiger partial charge >= 0.3 is 6.03 Å². The van der Waals surface area contributed by atoms with E-state index in [1.54, 1.807) is 0 Å². The Labute approximate surface area is 163 Å². The number of amides is 4. The average molecular weight is 383 g/mol. The Morgan fingerprint density at radius 1 is 1.29 bits per heavy atom. The van der Waals surface area contributed by atoms with Gasteiger partial charge < -0.3 is 15.6 Å². The molecule has 0 bridgehead atoms. The van der Waals surface area contributed by atoms with Gasteiger partial charge in [-0.3, -0.25) is 14.5 Å². The highest BCUT2D eigenvalue weighted by Crippen LogP contribution is 2.37. The number of rotatable bonds is 5. The number of nitrogens with zero attached hydrogens (tertiary/aromatic N) is 2. The fourth-order valence-corrected chi connectivity index (χ4v) is 4.21. The summed E-state index contributed by atoms with van der Waals surface area (Å²) in [6.45, 7) is 2.08. The van der Waals surface area contributed by atoms with Crippen molar-refractivity contribution >= 4 is 28.9 Å². The molecule has 2 heterocycles. The number of fused-ring (bicyclic) bond motifs is 1. The third-order valence-corrected chi connectivity index (χ3v) is 5.98. The molecule has 2 fully saturated rings. The topological polar surface area (TPSA) is 107 Å². The van der Waals surface area contributed by atoms with Gasteiger partial charge in [0.15, 0.2) is 0 Å². The zero-order chi connectivity index (χ0) is 19.7. The number of para-hydroxylation sites is 2. The molecule has 8 nitrogen and oxygen atoms in total. The molecule has 1 aromatic carbocycles. The van der Waals surface area contributed by atoms with Gasteiger partial charge in [-0.2, -0.15) is 0 Å². The number of carbonyl (C=O) groups is 3. The van der Waals surface area contributed by atoms with Crippen molar-refractivity contribution in [3.63, 3.8) is 0 Å². The number of hydrogen-bond acceptors (Lipinski definition) is 4. The Kier molecular flexibility index (Phi) is 4.78. The number of nitrogens with one attached hydrogen (secondary N) is 3. The Hall–Kier alpha value is -2.90. The normalized spacial score (nSPS) is 24.8. The molecule has 3 N–H and O–H groups in total. The summed E-state index contributed by atoms with van der Waals surface area (Å²) in [6, 6.07) is 7.13. The molecule has 0 atom stereocenters. The van der Waals surface area contributed by atoms with Gasteiger partial charge in [-0.15, -0.1) is 0 Å². The van der Waals surface area contributed by atoms with E-state index in [-0.39, 0.29) is 24.9 Å². The van der Waals surface area contributed by atoms with Gasteiger partial charge in [0.25, 0.3) is 5.91 Å². The minimum absolute atomic E-state index is 0.209. The molecule has 2 aromatic rings.